The molecule has 1 aromatic rings. The molecule has 0 radical (unpaired) electrons. The van der Waals surface area contributed by atoms with Crippen LogP contribution in [0.3, 0.4) is 0 Å². The van der Waals surface area contributed by atoms with Crippen LogP contribution in [0.4, 0.5) is 17.8 Å². The third-order valence-electron chi connectivity index (χ3n) is 4.83. The van der Waals surface area contributed by atoms with Gasteiger partial charge in [-0.1, -0.05) is 0 Å². The Hall–Kier alpha value is -1.50. The molecule has 3 rings (SSSR count). The van der Waals surface area contributed by atoms with E-state index in [1.165, 1.54) is 0 Å². The van der Waals surface area contributed by atoms with Gasteiger partial charge in [-0.2, -0.15) is 15.0 Å². The molecule has 2 fully saturated rings. The van der Waals surface area contributed by atoms with Crippen molar-refractivity contribution in [2.45, 2.75) is 43.4 Å². The van der Waals surface area contributed by atoms with Crippen LogP contribution in [0.1, 0.15) is 19.3 Å². The summed E-state index contributed by atoms with van der Waals surface area (Å²) in [5, 5.41) is 12.2. The van der Waals surface area contributed by atoms with Crippen molar-refractivity contribution >= 4 is 30.3 Å². The first-order valence-corrected chi connectivity index (χ1v) is 9.57. The highest BCUT2D eigenvalue weighted by Crippen LogP contribution is 2.22. The Morgan fingerprint density at radius 3 is 1.64 bits per heavy atom. The Kier molecular flexibility index (Phi) is 8.40. The van der Waals surface area contributed by atoms with Gasteiger partial charge in [0.2, 0.25) is 17.8 Å². The Bertz CT molecular complexity index is 559. The standard InChI is InChI=1S/C16H32N10O.ClH/c17-10-4-11(18)7-25(6-10)15-22-14(21-2-1-3-27)23-16(24-15)26-8-12(19)5-13(20)9-26;/h10-13,27H,1-9,17-20H2,(H,21,22,23,24);1H/t10-,11+,12-,13+;. The molecular weight excluding hydrogens is 384 g/mol. The molecule has 0 aliphatic carbocycles. The number of aliphatic hydroxyl groups excluding tert-OH is 1. The maximum Gasteiger partial charge on any atom is 0.232 e. The summed E-state index contributed by atoms with van der Waals surface area (Å²) in [6.45, 7) is 3.25. The topological polar surface area (TPSA) is 181 Å². The Morgan fingerprint density at radius 1 is 0.821 bits per heavy atom. The Morgan fingerprint density at radius 2 is 1.25 bits per heavy atom. The van der Waals surface area contributed by atoms with Gasteiger partial charge in [0, 0.05) is 63.5 Å². The number of anilines is 3. The average molecular weight is 417 g/mol. The summed E-state index contributed by atoms with van der Waals surface area (Å²) in [6, 6.07) is -0.0682. The summed E-state index contributed by atoms with van der Waals surface area (Å²) in [5.41, 5.74) is 24.5. The summed E-state index contributed by atoms with van der Waals surface area (Å²) in [4.78, 5) is 17.8. The van der Waals surface area contributed by atoms with Crippen LogP contribution in [0.2, 0.25) is 0 Å². The van der Waals surface area contributed by atoms with Crippen molar-refractivity contribution in [1.29, 1.82) is 0 Å². The van der Waals surface area contributed by atoms with Gasteiger partial charge < -0.3 is 43.2 Å². The molecule has 2 saturated heterocycles. The Labute approximate surface area is 171 Å². The second kappa shape index (κ2) is 10.3. The largest absolute Gasteiger partial charge is 0.396 e. The van der Waals surface area contributed by atoms with Crippen LogP contribution in [-0.2, 0) is 0 Å². The van der Waals surface area contributed by atoms with Crippen LogP contribution in [0.25, 0.3) is 0 Å². The monoisotopic (exact) mass is 416 g/mol. The fraction of sp³-hybridized carbons (Fsp3) is 0.812. The first kappa shape index (κ1) is 22.8. The van der Waals surface area contributed by atoms with E-state index in [0.29, 0.717) is 57.0 Å². The van der Waals surface area contributed by atoms with Gasteiger partial charge >= 0.3 is 0 Å². The fourth-order valence-corrected chi connectivity index (χ4v) is 3.68. The molecule has 0 aromatic carbocycles. The van der Waals surface area contributed by atoms with Gasteiger partial charge in [0.05, 0.1) is 0 Å². The summed E-state index contributed by atoms with van der Waals surface area (Å²) < 4.78 is 0. The highest BCUT2D eigenvalue weighted by molar-refractivity contribution is 5.85. The first-order valence-electron chi connectivity index (χ1n) is 9.57. The quantitative estimate of drug-likeness (QED) is 0.277. The molecule has 160 valence electrons. The molecule has 0 bridgehead atoms. The SMILES string of the molecule is Cl.N[C@@H]1C[C@H](N)CN(c2nc(NCCCO)nc(N3C[C@H](N)C[C@H](N)C3)n2)C1. The van der Waals surface area contributed by atoms with Crippen molar-refractivity contribution in [3.8, 4) is 0 Å². The molecule has 3 heterocycles. The molecule has 28 heavy (non-hydrogen) atoms. The van der Waals surface area contributed by atoms with Crippen LogP contribution in [0.15, 0.2) is 0 Å². The maximum atomic E-state index is 9.01. The smallest absolute Gasteiger partial charge is 0.232 e. The number of nitrogens with one attached hydrogen (secondary N) is 1. The number of hydrogen-bond donors (Lipinski definition) is 6. The van der Waals surface area contributed by atoms with Gasteiger partial charge in [-0.05, 0) is 19.3 Å². The van der Waals surface area contributed by atoms with Gasteiger partial charge in [-0.3, -0.25) is 0 Å². The lowest BCUT2D eigenvalue weighted by atomic mass is 10.0. The molecule has 1 aromatic heterocycles. The van der Waals surface area contributed by atoms with Crippen LogP contribution in [-0.4, -0.2) is 83.6 Å². The molecule has 2 aliphatic heterocycles. The van der Waals surface area contributed by atoms with Crippen LogP contribution in [0, 0.1) is 0 Å². The van der Waals surface area contributed by atoms with Gasteiger partial charge in [-0.15, -0.1) is 12.4 Å². The molecule has 10 N–H and O–H groups in total. The minimum absolute atomic E-state index is 0. The highest BCUT2D eigenvalue weighted by Gasteiger charge is 2.28. The first-order chi connectivity index (χ1) is 12.9. The van der Waals surface area contributed by atoms with E-state index in [1.807, 2.05) is 9.80 Å². The number of rotatable bonds is 6. The second-order valence-corrected chi connectivity index (χ2v) is 7.58. The highest BCUT2D eigenvalue weighted by atomic mass is 35.5. The molecule has 0 amide bonds. The van der Waals surface area contributed by atoms with Crippen molar-refractivity contribution in [3.05, 3.63) is 0 Å². The summed E-state index contributed by atoms with van der Waals surface area (Å²) >= 11 is 0. The summed E-state index contributed by atoms with van der Waals surface area (Å²) in [7, 11) is 0. The van der Waals surface area contributed by atoms with E-state index in [-0.39, 0.29) is 43.2 Å². The minimum Gasteiger partial charge on any atom is -0.396 e. The van der Waals surface area contributed by atoms with Crippen molar-refractivity contribution in [1.82, 2.24) is 15.0 Å². The molecule has 0 saturated carbocycles. The second-order valence-electron chi connectivity index (χ2n) is 7.58. The predicted octanol–water partition coefficient (Wildman–Crippen LogP) is -2.18. The number of piperidine rings is 2. The van der Waals surface area contributed by atoms with Crippen molar-refractivity contribution < 1.29 is 5.11 Å². The van der Waals surface area contributed by atoms with E-state index in [1.54, 1.807) is 0 Å². The van der Waals surface area contributed by atoms with E-state index >= 15 is 0 Å². The van der Waals surface area contributed by atoms with Crippen LogP contribution >= 0.6 is 12.4 Å². The van der Waals surface area contributed by atoms with Gasteiger partial charge in [0.1, 0.15) is 0 Å². The van der Waals surface area contributed by atoms with Gasteiger partial charge in [-0.25, -0.2) is 0 Å². The zero-order valence-electron chi connectivity index (χ0n) is 16.1. The minimum atomic E-state index is -0.0170. The van der Waals surface area contributed by atoms with E-state index < -0.39 is 0 Å². The van der Waals surface area contributed by atoms with Crippen molar-refractivity contribution in [2.24, 2.45) is 22.9 Å². The number of halogens is 1. The average Bonchev–Trinajstić information content (AvgIpc) is 2.60. The normalized spacial score (nSPS) is 28.0. The van der Waals surface area contributed by atoms with E-state index in [4.69, 9.17) is 28.0 Å². The lowest BCUT2D eigenvalue weighted by Crippen LogP contribution is -2.54. The van der Waals surface area contributed by atoms with Crippen molar-refractivity contribution in [2.75, 3.05) is 54.4 Å². The molecule has 0 spiro atoms. The van der Waals surface area contributed by atoms with Gasteiger partial charge in [0.25, 0.3) is 0 Å². The van der Waals surface area contributed by atoms with E-state index in [0.717, 1.165) is 12.8 Å². The number of hydrogen-bond acceptors (Lipinski definition) is 11. The number of nitrogens with two attached hydrogens (primary N) is 4. The summed E-state index contributed by atoms with van der Waals surface area (Å²) in [6.07, 6.45) is 2.17. The molecule has 11 nitrogen and oxygen atoms in total. The van der Waals surface area contributed by atoms with E-state index in [2.05, 4.69) is 20.3 Å². The maximum absolute atomic E-state index is 9.01. The van der Waals surface area contributed by atoms with E-state index in [9.17, 15) is 0 Å². The molecular formula is C16H33ClN10O. The third-order valence-corrected chi connectivity index (χ3v) is 4.83. The zero-order valence-corrected chi connectivity index (χ0v) is 16.9. The third kappa shape index (κ3) is 6.00. The lowest BCUT2D eigenvalue weighted by Gasteiger charge is -2.37. The predicted molar refractivity (Wildman–Crippen MR) is 113 cm³/mol. The zero-order chi connectivity index (χ0) is 19.4. The van der Waals surface area contributed by atoms with Crippen LogP contribution < -0.4 is 38.1 Å². The Balaban J connectivity index is 0.00000280. The number of nitrogens with zero attached hydrogens (tertiary/aromatic N) is 5. The van der Waals surface area contributed by atoms with Crippen LogP contribution in [0.5, 0.6) is 0 Å². The van der Waals surface area contributed by atoms with Gasteiger partial charge in [0.15, 0.2) is 0 Å². The molecule has 0 unspecified atom stereocenters. The number of aromatic nitrogens is 3. The summed E-state index contributed by atoms with van der Waals surface area (Å²) in [5.74, 6) is 1.55. The lowest BCUT2D eigenvalue weighted by molar-refractivity contribution is 0.292. The van der Waals surface area contributed by atoms with Crippen molar-refractivity contribution in [3.63, 3.8) is 0 Å². The molecule has 4 atom stereocenters. The fourth-order valence-electron chi connectivity index (χ4n) is 3.68. The molecule has 2 aliphatic rings. The number of aliphatic hydroxyl groups is 1. The molecule has 12 heteroatoms.